The second-order valence-electron chi connectivity index (χ2n) is 3.58. The molecular weight excluding hydrogens is 248 g/mol. The van der Waals surface area contributed by atoms with Crippen molar-refractivity contribution in [3.63, 3.8) is 0 Å². The van der Waals surface area contributed by atoms with Gasteiger partial charge in [0.25, 0.3) is 0 Å². The lowest BCUT2D eigenvalue weighted by atomic mass is 10.1. The first-order valence-corrected chi connectivity index (χ1v) is 5.36. The van der Waals surface area contributed by atoms with Gasteiger partial charge in [-0.05, 0) is 32.0 Å². The van der Waals surface area contributed by atoms with Crippen molar-refractivity contribution in [2.75, 3.05) is 20.3 Å². The Morgan fingerprint density at radius 1 is 1.35 bits per heavy atom. The molecule has 0 radical (unpaired) electrons. The smallest absolute Gasteiger partial charge is 0.129 e. The van der Waals surface area contributed by atoms with E-state index in [1.165, 1.54) is 12.1 Å². The normalized spacial score (nSPS) is 12.0. The van der Waals surface area contributed by atoms with Gasteiger partial charge in [0.2, 0.25) is 0 Å². The van der Waals surface area contributed by atoms with Crippen molar-refractivity contribution < 1.29 is 13.5 Å². The van der Waals surface area contributed by atoms with Crippen molar-refractivity contribution in [1.29, 1.82) is 0 Å². The highest BCUT2D eigenvalue weighted by Crippen LogP contribution is 2.11. The molecular formula is C12H18ClF2NO. The van der Waals surface area contributed by atoms with Crippen LogP contribution in [-0.4, -0.2) is 26.3 Å². The van der Waals surface area contributed by atoms with Crippen molar-refractivity contribution in [2.24, 2.45) is 0 Å². The first-order chi connectivity index (χ1) is 7.67. The second-order valence-corrected chi connectivity index (χ2v) is 3.58. The van der Waals surface area contributed by atoms with Gasteiger partial charge in [-0.15, -0.1) is 12.4 Å². The lowest BCUT2D eigenvalue weighted by Crippen LogP contribution is -2.32. The van der Waals surface area contributed by atoms with Gasteiger partial charge in [-0.1, -0.05) is 6.07 Å². The third kappa shape index (κ3) is 5.44. The molecule has 1 unspecified atom stereocenters. The molecule has 0 bridgehead atoms. The van der Waals surface area contributed by atoms with Crippen LogP contribution >= 0.6 is 12.4 Å². The summed E-state index contributed by atoms with van der Waals surface area (Å²) in [7, 11) is 1.80. The topological polar surface area (TPSA) is 21.3 Å². The molecule has 0 aliphatic carbocycles. The third-order valence-corrected chi connectivity index (χ3v) is 2.41. The number of hydrogen-bond acceptors (Lipinski definition) is 2. The summed E-state index contributed by atoms with van der Waals surface area (Å²) >= 11 is 0. The maximum absolute atomic E-state index is 13.4. The molecule has 5 heteroatoms. The Bertz CT molecular complexity index is 336. The molecule has 0 aromatic heterocycles. The van der Waals surface area contributed by atoms with Crippen LogP contribution in [-0.2, 0) is 11.2 Å². The van der Waals surface area contributed by atoms with Crippen molar-refractivity contribution in [2.45, 2.75) is 19.4 Å². The monoisotopic (exact) mass is 265 g/mol. The van der Waals surface area contributed by atoms with Crippen molar-refractivity contribution in [3.8, 4) is 0 Å². The maximum Gasteiger partial charge on any atom is 0.129 e. The third-order valence-electron chi connectivity index (χ3n) is 2.41. The van der Waals surface area contributed by atoms with Gasteiger partial charge >= 0.3 is 0 Å². The van der Waals surface area contributed by atoms with Crippen LogP contribution in [0, 0.1) is 11.6 Å². The number of benzene rings is 1. The summed E-state index contributed by atoms with van der Waals surface area (Å²) in [5.41, 5.74) is 0.500. The number of hydrogen-bond donors (Lipinski definition) is 1. The van der Waals surface area contributed by atoms with Crippen molar-refractivity contribution >= 4 is 12.4 Å². The molecule has 0 aliphatic rings. The summed E-state index contributed by atoms with van der Waals surface area (Å²) < 4.78 is 31.3. The van der Waals surface area contributed by atoms with Crippen LogP contribution < -0.4 is 5.32 Å². The summed E-state index contributed by atoms with van der Waals surface area (Å²) in [6, 6.07) is 3.69. The van der Waals surface area contributed by atoms with E-state index in [-0.39, 0.29) is 18.4 Å². The minimum Gasteiger partial charge on any atom is -0.380 e. The second kappa shape index (κ2) is 8.39. The van der Waals surface area contributed by atoms with Crippen LogP contribution in [0.5, 0.6) is 0 Å². The van der Waals surface area contributed by atoms with Gasteiger partial charge < -0.3 is 10.1 Å². The zero-order valence-electron chi connectivity index (χ0n) is 10.0. The molecule has 0 fully saturated rings. The zero-order valence-corrected chi connectivity index (χ0v) is 10.8. The fourth-order valence-electron chi connectivity index (χ4n) is 1.46. The average Bonchev–Trinajstić information content (AvgIpc) is 2.27. The van der Waals surface area contributed by atoms with Gasteiger partial charge in [-0.3, -0.25) is 0 Å². The molecule has 17 heavy (non-hydrogen) atoms. The summed E-state index contributed by atoms with van der Waals surface area (Å²) in [6.45, 7) is 3.05. The molecule has 0 saturated heterocycles. The standard InChI is InChI=1S/C12H17F2NO.ClH/c1-3-16-8-11(15-2)6-9-4-5-10(13)7-12(9)14;/h4-5,7,11,15H,3,6,8H2,1-2H3;1H. The summed E-state index contributed by atoms with van der Waals surface area (Å²) in [5.74, 6) is -1.05. The van der Waals surface area contributed by atoms with E-state index in [1.807, 2.05) is 6.92 Å². The molecule has 0 amide bonds. The highest BCUT2D eigenvalue weighted by Gasteiger charge is 2.11. The van der Waals surface area contributed by atoms with Crippen LogP contribution in [0.25, 0.3) is 0 Å². The number of halogens is 3. The zero-order chi connectivity index (χ0) is 12.0. The minimum absolute atomic E-state index is 0. The van der Waals surface area contributed by atoms with E-state index in [0.29, 0.717) is 25.2 Å². The Kier molecular flexibility index (Phi) is 8.04. The molecule has 0 spiro atoms. The summed E-state index contributed by atoms with van der Waals surface area (Å²) in [6.07, 6.45) is 0.489. The van der Waals surface area contributed by atoms with Crippen LogP contribution in [0.15, 0.2) is 18.2 Å². The minimum atomic E-state index is -0.549. The molecule has 1 atom stereocenters. The van der Waals surface area contributed by atoms with Gasteiger partial charge in [0.15, 0.2) is 0 Å². The Morgan fingerprint density at radius 3 is 2.59 bits per heavy atom. The molecule has 2 nitrogen and oxygen atoms in total. The maximum atomic E-state index is 13.4. The van der Waals surface area contributed by atoms with Crippen molar-refractivity contribution in [1.82, 2.24) is 5.32 Å². The van der Waals surface area contributed by atoms with Crippen LogP contribution in [0.3, 0.4) is 0 Å². The van der Waals surface area contributed by atoms with E-state index >= 15 is 0 Å². The van der Waals surface area contributed by atoms with E-state index in [1.54, 1.807) is 7.05 Å². The fraction of sp³-hybridized carbons (Fsp3) is 0.500. The van der Waals surface area contributed by atoms with E-state index in [9.17, 15) is 8.78 Å². The van der Waals surface area contributed by atoms with Gasteiger partial charge in [0, 0.05) is 18.7 Å². The van der Waals surface area contributed by atoms with Crippen LogP contribution in [0.1, 0.15) is 12.5 Å². The molecule has 1 aromatic rings. The molecule has 0 aliphatic heterocycles. The quantitative estimate of drug-likeness (QED) is 0.854. The Morgan fingerprint density at radius 2 is 2.06 bits per heavy atom. The summed E-state index contributed by atoms with van der Waals surface area (Å²) in [5, 5.41) is 3.04. The number of likely N-dealkylation sites (N-methyl/N-ethyl adjacent to an activating group) is 1. The van der Waals surface area contributed by atoms with E-state index in [0.717, 1.165) is 6.07 Å². The predicted octanol–water partition coefficient (Wildman–Crippen LogP) is 2.55. The van der Waals surface area contributed by atoms with E-state index in [2.05, 4.69) is 5.32 Å². The Labute approximate surface area is 107 Å². The van der Waals surface area contributed by atoms with Crippen LogP contribution in [0.4, 0.5) is 8.78 Å². The predicted molar refractivity (Wildman–Crippen MR) is 66.7 cm³/mol. The lowest BCUT2D eigenvalue weighted by molar-refractivity contribution is 0.125. The largest absolute Gasteiger partial charge is 0.380 e. The average molecular weight is 266 g/mol. The van der Waals surface area contributed by atoms with Gasteiger partial charge in [-0.25, -0.2) is 8.78 Å². The van der Waals surface area contributed by atoms with Gasteiger partial charge in [0.05, 0.1) is 6.61 Å². The van der Waals surface area contributed by atoms with E-state index < -0.39 is 11.6 Å². The molecule has 1 rings (SSSR count). The first-order valence-electron chi connectivity index (χ1n) is 5.36. The Balaban J connectivity index is 0.00000256. The molecule has 1 N–H and O–H groups in total. The lowest BCUT2D eigenvalue weighted by Gasteiger charge is -2.16. The van der Waals surface area contributed by atoms with Crippen molar-refractivity contribution in [3.05, 3.63) is 35.4 Å². The number of ether oxygens (including phenoxy) is 1. The number of rotatable bonds is 6. The molecule has 0 saturated carbocycles. The number of nitrogens with one attached hydrogen (secondary N) is 1. The van der Waals surface area contributed by atoms with Crippen LogP contribution in [0.2, 0.25) is 0 Å². The van der Waals surface area contributed by atoms with Gasteiger partial charge in [-0.2, -0.15) is 0 Å². The first kappa shape index (κ1) is 16.3. The Hall–Kier alpha value is -0.710. The van der Waals surface area contributed by atoms with E-state index in [4.69, 9.17) is 4.74 Å². The molecule has 98 valence electrons. The van der Waals surface area contributed by atoms with Gasteiger partial charge in [0.1, 0.15) is 11.6 Å². The summed E-state index contributed by atoms with van der Waals surface area (Å²) in [4.78, 5) is 0. The highest BCUT2D eigenvalue weighted by atomic mass is 35.5. The molecule has 1 aromatic carbocycles. The SMILES string of the molecule is CCOCC(Cc1ccc(F)cc1F)NC.Cl. The molecule has 0 heterocycles. The fourth-order valence-corrected chi connectivity index (χ4v) is 1.46. The highest BCUT2D eigenvalue weighted by molar-refractivity contribution is 5.85.